The van der Waals surface area contributed by atoms with Gasteiger partial charge in [-0.15, -0.1) is 0 Å². The molecule has 3 aromatic carbocycles. The average Bonchev–Trinajstić information content (AvgIpc) is 2.79. The van der Waals surface area contributed by atoms with E-state index in [-0.39, 0.29) is 22.3 Å². The van der Waals surface area contributed by atoms with Crippen LogP contribution in [0.4, 0.5) is 11.4 Å². The molecule has 0 saturated carbocycles. The van der Waals surface area contributed by atoms with Gasteiger partial charge in [-0.05, 0) is 66.3 Å². The Hall–Kier alpha value is -3.43. The van der Waals surface area contributed by atoms with Gasteiger partial charge in [-0.1, -0.05) is 30.3 Å². The minimum Gasteiger partial charge on any atom is -0.497 e. The second kappa shape index (κ2) is 10.3. The third kappa shape index (κ3) is 5.83. The lowest BCUT2D eigenvalue weighted by molar-refractivity contribution is -0.119. The van der Waals surface area contributed by atoms with Crippen molar-refractivity contribution < 1.29 is 17.9 Å². The van der Waals surface area contributed by atoms with Crippen molar-refractivity contribution >= 4 is 44.6 Å². The number of thiocarbonyl (C=S) groups is 1. The zero-order valence-electron chi connectivity index (χ0n) is 17.6. The van der Waals surface area contributed by atoms with Crippen molar-refractivity contribution in [2.75, 3.05) is 23.8 Å². The van der Waals surface area contributed by atoms with E-state index in [1.165, 1.54) is 23.5 Å². The van der Waals surface area contributed by atoms with E-state index in [4.69, 9.17) is 17.0 Å². The van der Waals surface area contributed by atoms with E-state index in [1.54, 1.807) is 67.8 Å². The Balaban J connectivity index is 1.58. The van der Waals surface area contributed by atoms with Gasteiger partial charge in [0.15, 0.2) is 5.11 Å². The number of amides is 1. The van der Waals surface area contributed by atoms with Crippen molar-refractivity contribution in [1.29, 1.82) is 0 Å². The summed E-state index contributed by atoms with van der Waals surface area (Å²) in [6.45, 7) is 0. The van der Waals surface area contributed by atoms with Crippen LogP contribution in [0.15, 0.2) is 83.8 Å². The SMILES string of the molecule is COc1ccc(CC(=O)NC(=S)Nc2ccc(S(=O)(=O)N(C)c3ccccc3)cc2)cc1. The van der Waals surface area contributed by atoms with Gasteiger partial charge in [0.25, 0.3) is 10.0 Å². The molecular weight excluding hydrogens is 446 g/mol. The van der Waals surface area contributed by atoms with Crippen molar-refractivity contribution in [3.63, 3.8) is 0 Å². The summed E-state index contributed by atoms with van der Waals surface area (Å²) in [6.07, 6.45) is 0.162. The highest BCUT2D eigenvalue weighted by molar-refractivity contribution is 7.92. The molecule has 0 aliphatic carbocycles. The van der Waals surface area contributed by atoms with E-state index in [0.29, 0.717) is 17.1 Å². The Labute approximate surface area is 193 Å². The molecule has 3 rings (SSSR count). The summed E-state index contributed by atoms with van der Waals surface area (Å²) in [5.41, 5.74) is 1.94. The number of nitrogens with zero attached hydrogens (tertiary/aromatic N) is 1. The van der Waals surface area contributed by atoms with Crippen LogP contribution in [0, 0.1) is 0 Å². The summed E-state index contributed by atoms with van der Waals surface area (Å²) >= 11 is 5.19. The highest BCUT2D eigenvalue weighted by Gasteiger charge is 2.21. The lowest BCUT2D eigenvalue weighted by atomic mass is 10.1. The van der Waals surface area contributed by atoms with E-state index in [1.807, 2.05) is 6.07 Å². The van der Waals surface area contributed by atoms with Crippen LogP contribution in [0.3, 0.4) is 0 Å². The maximum atomic E-state index is 12.8. The third-order valence-electron chi connectivity index (χ3n) is 4.67. The van der Waals surface area contributed by atoms with E-state index >= 15 is 0 Å². The average molecular weight is 470 g/mol. The molecule has 166 valence electrons. The number of hydrogen-bond acceptors (Lipinski definition) is 5. The van der Waals surface area contributed by atoms with Gasteiger partial charge in [0, 0.05) is 12.7 Å². The number of carbonyl (C=O) groups excluding carboxylic acids is 1. The van der Waals surface area contributed by atoms with Crippen LogP contribution in [-0.4, -0.2) is 33.6 Å². The summed E-state index contributed by atoms with van der Waals surface area (Å²) in [4.78, 5) is 12.4. The van der Waals surface area contributed by atoms with Gasteiger partial charge >= 0.3 is 0 Å². The van der Waals surface area contributed by atoms with E-state index in [2.05, 4.69) is 10.6 Å². The molecule has 0 aliphatic heterocycles. The van der Waals surface area contributed by atoms with Gasteiger partial charge in [-0.2, -0.15) is 0 Å². The van der Waals surface area contributed by atoms with Gasteiger partial charge in [0.05, 0.1) is 24.1 Å². The van der Waals surface area contributed by atoms with Crippen LogP contribution >= 0.6 is 12.2 Å². The summed E-state index contributed by atoms with van der Waals surface area (Å²) in [5, 5.41) is 5.63. The van der Waals surface area contributed by atoms with Crippen LogP contribution in [0.1, 0.15) is 5.56 Å². The molecule has 0 aromatic heterocycles. The van der Waals surface area contributed by atoms with Crippen LogP contribution < -0.4 is 19.7 Å². The number of benzene rings is 3. The minimum absolute atomic E-state index is 0.125. The van der Waals surface area contributed by atoms with Crippen LogP contribution in [0.5, 0.6) is 5.75 Å². The predicted octanol–water partition coefficient (Wildman–Crippen LogP) is 3.58. The van der Waals surface area contributed by atoms with Gasteiger partial charge in [-0.3, -0.25) is 9.10 Å². The predicted molar refractivity (Wildman–Crippen MR) is 130 cm³/mol. The first-order chi connectivity index (χ1) is 15.3. The van der Waals surface area contributed by atoms with Crippen molar-refractivity contribution in [3.8, 4) is 5.75 Å². The van der Waals surface area contributed by atoms with Crippen LogP contribution in [-0.2, 0) is 21.2 Å². The lowest BCUT2D eigenvalue weighted by Crippen LogP contribution is -2.35. The van der Waals surface area contributed by atoms with Crippen LogP contribution in [0.2, 0.25) is 0 Å². The van der Waals surface area contributed by atoms with Gasteiger partial charge < -0.3 is 15.4 Å². The standard InChI is InChI=1S/C23H23N3O4S2/c1-26(19-6-4-3-5-7-19)32(28,29)21-14-10-18(11-15-21)24-23(31)25-22(27)16-17-8-12-20(30-2)13-9-17/h3-15H,16H2,1-2H3,(H2,24,25,27,31). The molecule has 3 aromatic rings. The summed E-state index contributed by atoms with van der Waals surface area (Å²) in [5.74, 6) is 0.447. The molecule has 1 amide bonds. The Kier molecular flexibility index (Phi) is 7.45. The fourth-order valence-corrected chi connectivity index (χ4v) is 4.33. The molecule has 0 saturated heterocycles. The molecule has 0 radical (unpaired) electrons. The second-order valence-electron chi connectivity index (χ2n) is 6.86. The monoisotopic (exact) mass is 469 g/mol. The summed E-state index contributed by atoms with van der Waals surface area (Å²) in [6, 6.07) is 22.1. The quantitative estimate of drug-likeness (QED) is 0.515. The van der Waals surface area contributed by atoms with Crippen molar-refractivity contribution in [2.45, 2.75) is 11.3 Å². The largest absolute Gasteiger partial charge is 0.497 e. The number of methoxy groups -OCH3 is 1. The lowest BCUT2D eigenvalue weighted by Gasteiger charge is -2.19. The molecule has 0 atom stereocenters. The number of sulfonamides is 1. The molecule has 32 heavy (non-hydrogen) atoms. The number of carbonyl (C=O) groups is 1. The fourth-order valence-electron chi connectivity index (χ4n) is 2.91. The van der Waals surface area contributed by atoms with Crippen molar-refractivity contribution in [3.05, 3.63) is 84.4 Å². The highest BCUT2D eigenvalue weighted by Crippen LogP contribution is 2.22. The molecule has 0 unspecified atom stereocenters. The maximum absolute atomic E-state index is 12.8. The molecule has 7 nitrogen and oxygen atoms in total. The Morgan fingerprint density at radius 2 is 1.59 bits per heavy atom. The smallest absolute Gasteiger partial charge is 0.264 e. The number of ether oxygens (including phenoxy) is 1. The normalized spacial score (nSPS) is 10.8. The molecule has 0 aliphatic rings. The maximum Gasteiger partial charge on any atom is 0.264 e. The summed E-state index contributed by atoms with van der Waals surface area (Å²) in [7, 11) is -0.619. The van der Waals surface area contributed by atoms with Crippen molar-refractivity contribution in [1.82, 2.24) is 5.32 Å². The second-order valence-corrected chi connectivity index (χ2v) is 9.24. The van der Waals surface area contributed by atoms with E-state index < -0.39 is 10.0 Å². The van der Waals surface area contributed by atoms with E-state index in [9.17, 15) is 13.2 Å². The fraction of sp³-hybridized carbons (Fsp3) is 0.130. The molecule has 0 spiro atoms. The minimum atomic E-state index is -3.70. The topological polar surface area (TPSA) is 87.7 Å². The Bertz CT molecular complexity index is 1180. The molecular formula is C23H23N3O4S2. The molecule has 0 fully saturated rings. The number of nitrogens with one attached hydrogen (secondary N) is 2. The van der Waals surface area contributed by atoms with Crippen molar-refractivity contribution in [2.24, 2.45) is 0 Å². The Morgan fingerprint density at radius 3 is 2.19 bits per heavy atom. The zero-order valence-corrected chi connectivity index (χ0v) is 19.2. The molecule has 0 bridgehead atoms. The highest BCUT2D eigenvalue weighted by atomic mass is 32.2. The number of rotatable bonds is 7. The van der Waals surface area contributed by atoms with Gasteiger partial charge in [-0.25, -0.2) is 8.42 Å². The van der Waals surface area contributed by atoms with Crippen LogP contribution in [0.25, 0.3) is 0 Å². The first kappa shape index (κ1) is 23.2. The number of anilines is 2. The molecule has 0 heterocycles. The molecule has 2 N–H and O–H groups in total. The third-order valence-corrected chi connectivity index (χ3v) is 6.67. The first-order valence-electron chi connectivity index (χ1n) is 9.67. The van der Waals surface area contributed by atoms with Gasteiger partial charge in [0.2, 0.25) is 5.91 Å². The van der Waals surface area contributed by atoms with E-state index in [0.717, 1.165) is 5.56 Å². The molecule has 9 heteroatoms. The zero-order chi connectivity index (χ0) is 23.1. The Morgan fingerprint density at radius 1 is 0.969 bits per heavy atom. The summed E-state index contributed by atoms with van der Waals surface area (Å²) < 4.78 is 32.0. The first-order valence-corrected chi connectivity index (χ1v) is 11.5. The number of para-hydroxylation sites is 1. The van der Waals surface area contributed by atoms with Gasteiger partial charge in [0.1, 0.15) is 5.75 Å². The number of hydrogen-bond donors (Lipinski definition) is 2.